The normalized spacial score (nSPS) is 11.0. The summed E-state index contributed by atoms with van der Waals surface area (Å²) in [7, 11) is 0. The largest absolute Gasteiger partial charge is 0.465 e. The van der Waals surface area contributed by atoms with E-state index in [0.717, 1.165) is 12.3 Å². The topological polar surface area (TPSA) is 123 Å². The molecular weight excluding hydrogens is 384 g/mol. The van der Waals surface area contributed by atoms with Gasteiger partial charge in [0.05, 0.1) is 25.9 Å². The average Bonchev–Trinajstić information content (AvgIpc) is 2.60. The van der Waals surface area contributed by atoms with E-state index in [2.05, 4.69) is 0 Å². The van der Waals surface area contributed by atoms with E-state index in [1.54, 1.807) is 13.8 Å². The van der Waals surface area contributed by atoms with Crippen LogP contribution in [0.4, 0.5) is 0 Å². The smallest absolute Gasteiger partial charge is 0.355 e. The Labute approximate surface area is 158 Å². The van der Waals surface area contributed by atoms with Gasteiger partial charge in [-0.1, -0.05) is 11.6 Å². The van der Waals surface area contributed by atoms with Gasteiger partial charge >= 0.3 is 23.6 Å². The van der Waals surface area contributed by atoms with Crippen molar-refractivity contribution in [2.24, 2.45) is 0 Å². The summed E-state index contributed by atoms with van der Waals surface area (Å²) in [6.45, 7) is 3.95. The zero-order valence-corrected chi connectivity index (χ0v) is 15.8. The summed E-state index contributed by atoms with van der Waals surface area (Å²) in [5, 5.41) is -0.460. The summed E-state index contributed by atoms with van der Waals surface area (Å²) in [4.78, 5) is 60.3. The van der Waals surface area contributed by atoms with Gasteiger partial charge in [-0.25, -0.2) is 19.0 Å². The summed E-state index contributed by atoms with van der Waals surface area (Å²) < 4.78 is 15.4. The van der Waals surface area contributed by atoms with Crippen molar-refractivity contribution >= 4 is 35.2 Å². The lowest BCUT2D eigenvalue weighted by atomic mass is 10.3. The maximum Gasteiger partial charge on any atom is 0.355 e. The fourth-order valence-electron chi connectivity index (χ4n) is 1.94. The lowest BCUT2D eigenvalue weighted by Gasteiger charge is -2.13. The standard InChI is InChI=1S/C16H19ClN2O8/c1-4-25-12(20)7-11(15(23)27-6-3)18-8-10(17)14(22)19(16(18)24)9-13(21)26-5-2/h7-8H,4-6,9H2,1-3H3/b11-7-. The molecule has 0 aliphatic heterocycles. The minimum atomic E-state index is -1.08. The van der Waals surface area contributed by atoms with Crippen molar-refractivity contribution in [2.75, 3.05) is 19.8 Å². The van der Waals surface area contributed by atoms with Crippen molar-refractivity contribution in [3.63, 3.8) is 0 Å². The van der Waals surface area contributed by atoms with Crippen LogP contribution in [-0.4, -0.2) is 46.9 Å². The lowest BCUT2D eigenvalue weighted by Crippen LogP contribution is -2.42. The van der Waals surface area contributed by atoms with Crippen molar-refractivity contribution in [1.82, 2.24) is 9.13 Å². The quantitative estimate of drug-likeness (QED) is 0.343. The van der Waals surface area contributed by atoms with Crippen molar-refractivity contribution in [3.8, 4) is 0 Å². The molecule has 0 aliphatic carbocycles. The minimum Gasteiger partial charge on any atom is -0.465 e. The highest BCUT2D eigenvalue weighted by Crippen LogP contribution is 2.08. The maximum absolute atomic E-state index is 12.6. The Bertz CT molecular complexity index is 868. The van der Waals surface area contributed by atoms with E-state index >= 15 is 0 Å². The predicted octanol–water partition coefficient (Wildman–Crippen LogP) is 0.194. The van der Waals surface area contributed by atoms with Crippen molar-refractivity contribution in [1.29, 1.82) is 0 Å². The van der Waals surface area contributed by atoms with Gasteiger partial charge in [-0.3, -0.25) is 14.2 Å². The van der Waals surface area contributed by atoms with E-state index in [4.69, 9.17) is 25.8 Å². The van der Waals surface area contributed by atoms with Crippen LogP contribution in [0.15, 0.2) is 21.9 Å². The Hall–Kier alpha value is -2.88. The van der Waals surface area contributed by atoms with Gasteiger partial charge in [-0.2, -0.15) is 0 Å². The fourth-order valence-corrected chi connectivity index (χ4v) is 2.14. The number of aromatic nitrogens is 2. The molecule has 10 nitrogen and oxygen atoms in total. The minimum absolute atomic E-state index is 0.0312. The number of nitrogens with zero attached hydrogens (tertiary/aromatic N) is 2. The molecule has 1 aromatic heterocycles. The van der Waals surface area contributed by atoms with E-state index in [1.807, 2.05) is 0 Å². The number of hydrogen-bond acceptors (Lipinski definition) is 8. The first-order valence-electron chi connectivity index (χ1n) is 8.00. The van der Waals surface area contributed by atoms with Crippen LogP contribution in [0.2, 0.25) is 5.02 Å². The highest BCUT2D eigenvalue weighted by Gasteiger charge is 2.22. The molecule has 0 unspecified atom stereocenters. The summed E-state index contributed by atoms with van der Waals surface area (Å²) in [5.41, 5.74) is -2.56. The number of esters is 3. The molecule has 0 aromatic carbocycles. The molecule has 0 saturated carbocycles. The van der Waals surface area contributed by atoms with Gasteiger partial charge in [-0.05, 0) is 20.8 Å². The van der Waals surface area contributed by atoms with Gasteiger partial charge < -0.3 is 14.2 Å². The molecule has 0 amide bonds. The number of hydrogen-bond donors (Lipinski definition) is 0. The van der Waals surface area contributed by atoms with Crippen LogP contribution in [0.5, 0.6) is 0 Å². The summed E-state index contributed by atoms with van der Waals surface area (Å²) in [5.74, 6) is -2.78. The third kappa shape index (κ3) is 5.81. The van der Waals surface area contributed by atoms with Crippen LogP contribution >= 0.6 is 11.6 Å². The molecule has 27 heavy (non-hydrogen) atoms. The Morgan fingerprint density at radius 2 is 1.63 bits per heavy atom. The lowest BCUT2D eigenvalue weighted by molar-refractivity contribution is -0.144. The Morgan fingerprint density at radius 3 is 2.19 bits per heavy atom. The Balaban J connectivity index is 3.59. The van der Waals surface area contributed by atoms with Gasteiger partial charge in [0, 0.05) is 6.20 Å². The Morgan fingerprint density at radius 1 is 1.04 bits per heavy atom. The molecule has 0 spiro atoms. The molecule has 0 aliphatic rings. The van der Waals surface area contributed by atoms with Gasteiger partial charge in [0.2, 0.25) is 0 Å². The van der Waals surface area contributed by atoms with Crippen molar-refractivity contribution in [3.05, 3.63) is 38.1 Å². The van der Waals surface area contributed by atoms with Crippen LogP contribution in [0.1, 0.15) is 20.8 Å². The van der Waals surface area contributed by atoms with Crippen molar-refractivity contribution in [2.45, 2.75) is 27.3 Å². The average molecular weight is 403 g/mol. The second-order valence-electron chi connectivity index (χ2n) is 4.83. The van der Waals surface area contributed by atoms with E-state index in [0.29, 0.717) is 9.13 Å². The molecule has 148 valence electrons. The molecule has 0 fully saturated rings. The molecule has 0 saturated heterocycles. The zero-order valence-electron chi connectivity index (χ0n) is 15.0. The monoisotopic (exact) mass is 402 g/mol. The fraction of sp³-hybridized carbons (Fsp3) is 0.438. The predicted molar refractivity (Wildman–Crippen MR) is 94.1 cm³/mol. The first-order chi connectivity index (χ1) is 12.8. The number of rotatable bonds is 8. The molecule has 0 N–H and O–H groups in total. The highest BCUT2D eigenvalue weighted by molar-refractivity contribution is 6.30. The first-order valence-corrected chi connectivity index (χ1v) is 8.38. The van der Waals surface area contributed by atoms with E-state index in [1.165, 1.54) is 6.92 Å². The van der Waals surface area contributed by atoms with Gasteiger partial charge in [0.25, 0.3) is 5.56 Å². The summed E-state index contributed by atoms with van der Waals surface area (Å²) in [6, 6.07) is 0. The van der Waals surface area contributed by atoms with E-state index < -0.39 is 46.4 Å². The Kier molecular flexibility index (Phi) is 8.46. The molecular formula is C16H19ClN2O8. The third-order valence-electron chi connectivity index (χ3n) is 3.01. The van der Waals surface area contributed by atoms with Crippen LogP contribution in [-0.2, 0) is 35.1 Å². The second kappa shape index (κ2) is 10.3. The van der Waals surface area contributed by atoms with Crippen LogP contribution in [0.25, 0.3) is 5.70 Å². The molecule has 0 atom stereocenters. The molecule has 1 rings (SSSR count). The zero-order chi connectivity index (χ0) is 20.6. The molecule has 1 aromatic rings. The van der Waals surface area contributed by atoms with Crippen LogP contribution in [0.3, 0.4) is 0 Å². The number of carbonyl (C=O) groups excluding carboxylic acids is 3. The van der Waals surface area contributed by atoms with Gasteiger partial charge in [-0.15, -0.1) is 0 Å². The van der Waals surface area contributed by atoms with Gasteiger partial charge in [0.1, 0.15) is 17.3 Å². The number of carbonyl (C=O) groups is 3. The highest BCUT2D eigenvalue weighted by atomic mass is 35.5. The molecule has 1 heterocycles. The first kappa shape index (κ1) is 22.2. The number of halogens is 1. The SMILES string of the molecule is CCOC(=O)/C=C(/C(=O)OCC)n1cc(Cl)c(=O)n(CC(=O)OCC)c1=O. The molecule has 0 radical (unpaired) electrons. The third-order valence-corrected chi connectivity index (χ3v) is 3.27. The molecule has 11 heteroatoms. The second-order valence-corrected chi connectivity index (χ2v) is 5.24. The summed E-state index contributed by atoms with van der Waals surface area (Å²) >= 11 is 5.83. The van der Waals surface area contributed by atoms with E-state index in [-0.39, 0.29) is 19.8 Å². The van der Waals surface area contributed by atoms with Crippen LogP contribution in [0, 0.1) is 0 Å². The maximum atomic E-state index is 12.6. The van der Waals surface area contributed by atoms with Crippen molar-refractivity contribution < 1.29 is 28.6 Å². The molecule has 0 bridgehead atoms. The summed E-state index contributed by atoms with van der Waals surface area (Å²) in [6.07, 6.45) is 1.59. The number of ether oxygens (including phenoxy) is 3. The van der Waals surface area contributed by atoms with Gasteiger partial charge in [0.15, 0.2) is 0 Å². The van der Waals surface area contributed by atoms with E-state index in [9.17, 15) is 24.0 Å². The van der Waals surface area contributed by atoms with Crippen LogP contribution < -0.4 is 11.2 Å².